The molecule has 57 valence electrons. The number of amides is 1. The fourth-order valence-electron chi connectivity index (χ4n) is 1.62. The Morgan fingerprint density at radius 1 is 1.50 bits per heavy atom. The maximum absolute atomic E-state index is 10.1. The molecule has 0 aromatic carbocycles. The van der Waals surface area contributed by atoms with E-state index in [4.69, 9.17) is 0 Å². The van der Waals surface area contributed by atoms with E-state index in [9.17, 15) is 4.79 Å². The van der Waals surface area contributed by atoms with E-state index in [0.717, 1.165) is 12.5 Å². The standard InChI is InChI=1S/C8H14NO/c1-9(7-10)6-8-4-2-3-5-8/h8H,2-6H2,1H3. The Morgan fingerprint density at radius 2 is 2.10 bits per heavy atom. The summed E-state index contributed by atoms with van der Waals surface area (Å²) in [7, 11) is 1.80. The van der Waals surface area contributed by atoms with E-state index >= 15 is 0 Å². The van der Waals surface area contributed by atoms with Crippen molar-refractivity contribution in [2.75, 3.05) is 13.6 Å². The van der Waals surface area contributed by atoms with Gasteiger partial charge in [0, 0.05) is 13.6 Å². The molecule has 0 bridgehead atoms. The van der Waals surface area contributed by atoms with Crippen molar-refractivity contribution in [3.63, 3.8) is 0 Å². The van der Waals surface area contributed by atoms with Crippen LogP contribution in [0.2, 0.25) is 0 Å². The van der Waals surface area contributed by atoms with E-state index in [2.05, 4.69) is 0 Å². The summed E-state index contributed by atoms with van der Waals surface area (Å²) >= 11 is 0. The van der Waals surface area contributed by atoms with Crippen molar-refractivity contribution in [1.82, 2.24) is 4.90 Å². The van der Waals surface area contributed by atoms with E-state index < -0.39 is 0 Å². The summed E-state index contributed by atoms with van der Waals surface area (Å²) in [5.41, 5.74) is 0. The molecule has 0 spiro atoms. The van der Waals surface area contributed by atoms with E-state index in [1.807, 2.05) is 6.41 Å². The van der Waals surface area contributed by atoms with Gasteiger partial charge in [0.25, 0.3) is 0 Å². The highest BCUT2D eigenvalue weighted by molar-refractivity contribution is 5.47. The average Bonchev–Trinajstić information content (AvgIpc) is 2.40. The molecule has 0 saturated heterocycles. The van der Waals surface area contributed by atoms with Gasteiger partial charge < -0.3 is 4.90 Å². The Labute approximate surface area is 62.2 Å². The fourth-order valence-corrected chi connectivity index (χ4v) is 1.62. The van der Waals surface area contributed by atoms with Crippen LogP contribution in [0.3, 0.4) is 0 Å². The molecular weight excluding hydrogens is 126 g/mol. The maximum atomic E-state index is 10.1. The molecule has 0 aliphatic heterocycles. The molecular formula is C8H14NO. The molecule has 10 heavy (non-hydrogen) atoms. The third-order valence-electron chi connectivity index (χ3n) is 2.16. The molecule has 0 N–H and O–H groups in total. The average molecular weight is 140 g/mol. The Morgan fingerprint density at radius 3 is 2.60 bits per heavy atom. The minimum absolute atomic E-state index is 0.756. The molecule has 1 amide bonds. The number of hydrogen-bond donors (Lipinski definition) is 0. The molecule has 2 heteroatoms. The van der Waals surface area contributed by atoms with E-state index in [1.165, 1.54) is 25.7 Å². The molecule has 0 unspecified atom stereocenters. The highest BCUT2D eigenvalue weighted by atomic mass is 16.1. The quantitative estimate of drug-likeness (QED) is 0.539. The molecule has 1 rings (SSSR count). The van der Waals surface area contributed by atoms with Crippen molar-refractivity contribution in [2.45, 2.75) is 25.7 Å². The summed E-state index contributed by atoms with van der Waals surface area (Å²) in [5.74, 6) is 0.756. The van der Waals surface area contributed by atoms with Gasteiger partial charge in [-0.3, -0.25) is 4.79 Å². The van der Waals surface area contributed by atoms with Crippen molar-refractivity contribution >= 4 is 6.41 Å². The van der Waals surface area contributed by atoms with Gasteiger partial charge in [0.2, 0.25) is 0 Å². The van der Waals surface area contributed by atoms with Crippen LogP contribution >= 0.6 is 0 Å². The lowest BCUT2D eigenvalue weighted by atomic mass is 10.1. The lowest BCUT2D eigenvalue weighted by molar-refractivity contribution is 0.364. The van der Waals surface area contributed by atoms with Gasteiger partial charge in [0.05, 0.1) is 0 Å². The predicted molar refractivity (Wildman–Crippen MR) is 40.3 cm³/mol. The third kappa shape index (κ3) is 2.01. The molecule has 0 aromatic heterocycles. The number of nitrogens with zero attached hydrogens (tertiary/aromatic N) is 1. The number of carbonyl (C=O) groups excluding carboxylic acids is 1. The highest BCUT2D eigenvalue weighted by Gasteiger charge is 2.15. The zero-order valence-electron chi connectivity index (χ0n) is 6.47. The third-order valence-corrected chi connectivity index (χ3v) is 2.16. The molecule has 0 heterocycles. The first-order valence-corrected chi connectivity index (χ1v) is 3.92. The van der Waals surface area contributed by atoms with Gasteiger partial charge in [0.15, 0.2) is 0 Å². The molecule has 0 atom stereocenters. The van der Waals surface area contributed by atoms with Gasteiger partial charge >= 0.3 is 6.41 Å². The zero-order chi connectivity index (χ0) is 7.40. The minimum atomic E-state index is 0.756. The highest BCUT2D eigenvalue weighted by Crippen LogP contribution is 2.24. The van der Waals surface area contributed by atoms with Crippen molar-refractivity contribution < 1.29 is 4.79 Å². The van der Waals surface area contributed by atoms with Gasteiger partial charge in [-0.1, -0.05) is 12.8 Å². The normalized spacial score (nSPS) is 19.3. The van der Waals surface area contributed by atoms with Crippen molar-refractivity contribution in [2.24, 2.45) is 5.92 Å². The summed E-state index contributed by atoms with van der Waals surface area (Å²) in [6.45, 7) is 0.906. The van der Waals surface area contributed by atoms with Crippen LogP contribution in [0, 0.1) is 5.92 Å². The maximum Gasteiger partial charge on any atom is 0.311 e. The van der Waals surface area contributed by atoms with Gasteiger partial charge in [-0.25, -0.2) is 0 Å². The second kappa shape index (κ2) is 3.59. The summed E-state index contributed by atoms with van der Waals surface area (Å²) in [4.78, 5) is 11.7. The van der Waals surface area contributed by atoms with Crippen LogP contribution in [0.5, 0.6) is 0 Å². The Kier molecular flexibility index (Phi) is 2.72. The summed E-state index contributed by atoms with van der Waals surface area (Å²) < 4.78 is 0. The molecule has 1 aliphatic rings. The smallest absolute Gasteiger partial charge is 0.311 e. The van der Waals surface area contributed by atoms with Crippen LogP contribution in [0.1, 0.15) is 25.7 Å². The molecule has 1 saturated carbocycles. The Bertz CT molecular complexity index is 108. The van der Waals surface area contributed by atoms with E-state index in [1.54, 1.807) is 11.9 Å². The molecule has 1 fully saturated rings. The summed E-state index contributed by atoms with van der Waals surface area (Å²) in [6.07, 6.45) is 7.16. The fraction of sp³-hybridized carbons (Fsp3) is 0.875. The molecule has 1 radical (unpaired) electrons. The van der Waals surface area contributed by atoms with Crippen LogP contribution < -0.4 is 0 Å². The van der Waals surface area contributed by atoms with Crippen LogP contribution in [-0.4, -0.2) is 24.9 Å². The van der Waals surface area contributed by atoms with Crippen LogP contribution in [0.4, 0.5) is 0 Å². The molecule has 2 nitrogen and oxygen atoms in total. The minimum Gasteiger partial charge on any atom is -0.337 e. The van der Waals surface area contributed by atoms with Gasteiger partial charge in [-0.05, 0) is 18.8 Å². The summed E-state index contributed by atoms with van der Waals surface area (Å²) in [5, 5.41) is 0. The van der Waals surface area contributed by atoms with Crippen molar-refractivity contribution in [3.05, 3.63) is 0 Å². The molecule has 1 aliphatic carbocycles. The topological polar surface area (TPSA) is 20.3 Å². The largest absolute Gasteiger partial charge is 0.337 e. The van der Waals surface area contributed by atoms with Gasteiger partial charge in [-0.2, -0.15) is 0 Å². The lowest BCUT2D eigenvalue weighted by Gasteiger charge is -2.14. The number of rotatable bonds is 3. The predicted octanol–water partition coefficient (Wildman–Crippen LogP) is 1.18. The van der Waals surface area contributed by atoms with Crippen molar-refractivity contribution in [3.8, 4) is 0 Å². The van der Waals surface area contributed by atoms with Gasteiger partial charge in [-0.15, -0.1) is 0 Å². The van der Waals surface area contributed by atoms with Crippen LogP contribution in [-0.2, 0) is 4.79 Å². The van der Waals surface area contributed by atoms with Crippen molar-refractivity contribution in [1.29, 1.82) is 0 Å². The van der Waals surface area contributed by atoms with E-state index in [-0.39, 0.29) is 0 Å². The Hall–Kier alpha value is -0.530. The first kappa shape index (κ1) is 7.58. The van der Waals surface area contributed by atoms with Gasteiger partial charge in [0.1, 0.15) is 0 Å². The second-order valence-electron chi connectivity index (χ2n) is 3.12. The SMILES string of the molecule is CN([C]=O)CC1CCCC1. The lowest BCUT2D eigenvalue weighted by Crippen LogP contribution is -2.22. The molecule has 0 aromatic rings. The van der Waals surface area contributed by atoms with E-state index in [0.29, 0.717) is 0 Å². The zero-order valence-corrected chi connectivity index (χ0v) is 6.47. The Balaban J connectivity index is 2.17. The summed E-state index contributed by atoms with van der Waals surface area (Å²) in [6, 6.07) is 0. The second-order valence-corrected chi connectivity index (χ2v) is 3.12. The first-order chi connectivity index (χ1) is 4.83. The van der Waals surface area contributed by atoms with Crippen LogP contribution in [0.15, 0.2) is 0 Å². The van der Waals surface area contributed by atoms with Crippen LogP contribution in [0.25, 0.3) is 0 Å². The monoisotopic (exact) mass is 140 g/mol. The first-order valence-electron chi connectivity index (χ1n) is 3.92. The number of hydrogen-bond acceptors (Lipinski definition) is 1.